The van der Waals surface area contributed by atoms with Gasteiger partial charge in [-0.15, -0.1) is 0 Å². The number of carbonyl (C=O) groups excluding carboxylic acids is 1. The van der Waals surface area contributed by atoms with E-state index >= 15 is 0 Å². The van der Waals surface area contributed by atoms with E-state index in [1.165, 1.54) is 22.0 Å². The summed E-state index contributed by atoms with van der Waals surface area (Å²) in [5.41, 5.74) is 0.113. The van der Waals surface area contributed by atoms with E-state index in [9.17, 15) is 9.18 Å². The number of hydrogen-bond acceptors (Lipinski definition) is 1. The Morgan fingerprint density at radius 1 is 0.656 bits per heavy atom. The number of benzene rings is 4. The highest BCUT2D eigenvalue weighted by atomic mass is 31.2. The van der Waals surface area contributed by atoms with Gasteiger partial charge in [0.25, 0.3) is 5.91 Å². The van der Waals surface area contributed by atoms with Crippen molar-refractivity contribution in [2.45, 2.75) is 12.1 Å². The summed E-state index contributed by atoms with van der Waals surface area (Å²) in [5.74, 6) is -0.357. The van der Waals surface area contributed by atoms with Crippen LogP contribution >= 0.6 is 7.26 Å². The summed E-state index contributed by atoms with van der Waals surface area (Å²) in [6.07, 6.45) is 0.680. The van der Waals surface area contributed by atoms with Crippen molar-refractivity contribution >= 4 is 34.8 Å². The molecule has 4 heteroatoms. The maximum atomic E-state index is 14.6. The first-order valence-electron chi connectivity index (χ1n) is 10.8. The minimum Gasteiger partial charge on any atom is -0.306 e. The molecule has 0 N–H and O–H groups in total. The van der Waals surface area contributed by atoms with Crippen molar-refractivity contribution in [1.82, 2.24) is 0 Å². The van der Waals surface area contributed by atoms with Crippen LogP contribution in [0.15, 0.2) is 115 Å². The molecule has 32 heavy (non-hydrogen) atoms. The number of amides is 1. The Hall–Kier alpha value is -3.29. The molecule has 1 fully saturated rings. The third kappa shape index (κ3) is 3.34. The van der Waals surface area contributed by atoms with Gasteiger partial charge < -0.3 is 4.90 Å². The van der Waals surface area contributed by atoms with E-state index in [4.69, 9.17) is 0 Å². The maximum Gasteiger partial charge on any atom is 0.269 e. The average Bonchev–Trinajstić information content (AvgIpc) is 3.23. The van der Waals surface area contributed by atoms with Gasteiger partial charge in [-0.05, 0) is 48.5 Å². The number of para-hydroxylation sites is 1. The molecule has 0 spiro atoms. The molecule has 1 saturated heterocycles. The summed E-state index contributed by atoms with van der Waals surface area (Å²) in [6.45, 7) is 0.513. The van der Waals surface area contributed by atoms with Crippen LogP contribution in [0.3, 0.4) is 0 Å². The van der Waals surface area contributed by atoms with E-state index in [0.717, 1.165) is 0 Å². The normalized spacial score (nSPS) is 16.3. The highest BCUT2D eigenvalue weighted by Crippen LogP contribution is 2.62. The molecule has 2 nitrogen and oxygen atoms in total. The lowest BCUT2D eigenvalue weighted by molar-refractivity contribution is -0.116. The van der Waals surface area contributed by atoms with Crippen molar-refractivity contribution in [3.8, 4) is 0 Å². The summed E-state index contributed by atoms with van der Waals surface area (Å²) in [5, 5.41) is 3.52. The minimum atomic E-state index is -2.34. The average molecular weight is 440 g/mol. The summed E-state index contributed by atoms with van der Waals surface area (Å²) in [7, 11) is -2.34. The highest BCUT2D eigenvalue weighted by Gasteiger charge is 2.58. The van der Waals surface area contributed by atoms with Gasteiger partial charge >= 0.3 is 0 Å². The number of anilines is 1. The van der Waals surface area contributed by atoms with Crippen molar-refractivity contribution in [2.24, 2.45) is 0 Å². The zero-order valence-corrected chi connectivity index (χ0v) is 18.5. The number of nitrogens with zero attached hydrogens (tertiary/aromatic N) is 1. The lowest BCUT2D eigenvalue weighted by Crippen LogP contribution is -2.43. The molecule has 0 radical (unpaired) electrons. The first kappa shape index (κ1) is 20.6. The molecule has 0 saturated carbocycles. The third-order valence-corrected chi connectivity index (χ3v) is 11.0. The molecule has 1 heterocycles. The van der Waals surface area contributed by atoms with E-state index in [0.29, 0.717) is 18.7 Å². The van der Waals surface area contributed by atoms with E-state index in [2.05, 4.69) is 36.4 Å². The molecule has 1 atom stereocenters. The fraction of sp³-hybridized carbons (Fsp3) is 0.107. The van der Waals surface area contributed by atoms with E-state index in [-0.39, 0.29) is 17.4 Å². The van der Waals surface area contributed by atoms with Gasteiger partial charge in [0.2, 0.25) is 0 Å². The van der Waals surface area contributed by atoms with Crippen LogP contribution in [0.5, 0.6) is 0 Å². The molecule has 0 aliphatic carbocycles. The van der Waals surface area contributed by atoms with E-state index in [1.807, 2.05) is 54.6 Å². The van der Waals surface area contributed by atoms with Gasteiger partial charge in [0.15, 0.2) is 5.66 Å². The molecule has 158 valence electrons. The molecular weight excluding hydrogens is 416 g/mol. The van der Waals surface area contributed by atoms with Crippen LogP contribution in [0.4, 0.5) is 10.1 Å². The number of halogens is 1. The van der Waals surface area contributed by atoms with Crippen LogP contribution in [0.25, 0.3) is 0 Å². The molecule has 4 aromatic carbocycles. The third-order valence-electron chi connectivity index (χ3n) is 6.28. The van der Waals surface area contributed by atoms with Gasteiger partial charge in [-0.25, -0.2) is 4.39 Å². The van der Waals surface area contributed by atoms with Gasteiger partial charge in [-0.3, -0.25) is 4.79 Å². The molecule has 1 amide bonds. The van der Waals surface area contributed by atoms with Crippen molar-refractivity contribution in [1.29, 1.82) is 0 Å². The molecular formula is C28H24FNOP+. The Labute approximate surface area is 188 Å². The second-order valence-electron chi connectivity index (χ2n) is 7.98. The fourth-order valence-electron chi connectivity index (χ4n) is 4.91. The number of rotatable bonds is 5. The van der Waals surface area contributed by atoms with Crippen LogP contribution in [0.1, 0.15) is 6.42 Å². The van der Waals surface area contributed by atoms with Crippen LogP contribution in [-0.2, 0) is 4.79 Å². The summed E-state index contributed by atoms with van der Waals surface area (Å²) in [6, 6.07) is 37.7. The number of hydrogen-bond donors (Lipinski definition) is 0. The van der Waals surface area contributed by atoms with E-state index in [1.54, 1.807) is 23.1 Å². The summed E-state index contributed by atoms with van der Waals surface area (Å²) < 4.78 is 14.6. The zero-order valence-electron chi connectivity index (χ0n) is 17.6. The topological polar surface area (TPSA) is 20.3 Å². The Balaban J connectivity index is 1.74. The largest absolute Gasteiger partial charge is 0.306 e. The molecule has 1 aliphatic rings. The molecule has 1 aliphatic heterocycles. The summed E-state index contributed by atoms with van der Waals surface area (Å²) >= 11 is 0. The van der Waals surface area contributed by atoms with Gasteiger partial charge in [-0.1, -0.05) is 66.7 Å². The molecule has 4 aromatic rings. The van der Waals surface area contributed by atoms with Crippen LogP contribution in [0.2, 0.25) is 0 Å². The lowest BCUT2D eigenvalue weighted by Gasteiger charge is -2.32. The van der Waals surface area contributed by atoms with Crippen molar-refractivity contribution in [3.63, 3.8) is 0 Å². The van der Waals surface area contributed by atoms with Crippen LogP contribution in [-0.4, -0.2) is 18.1 Å². The first-order chi connectivity index (χ1) is 15.7. The monoisotopic (exact) mass is 440 g/mol. The quantitative estimate of drug-likeness (QED) is 0.403. The zero-order chi connectivity index (χ0) is 22.0. The maximum absolute atomic E-state index is 14.6. The molecule has 0 unspecified atom stereocenters. The second kappa shape index (κ2) is 8.68. The second-order valence-corrected chi connectivity index (χ2v) is 11.6. The smallest absolute Gasteiger partial charge is 0.269 e. The standard InChI is InChI=1S/C28H24FNOP/c29-25-18-10-11-19-26(25)30-21-20-27(28(30)31)32(22-12-4-1-5-13-22,23-14-6-2-7-15-23)24-16-8-3-9-17-24/h1-19,27H,20-21H2/q+1/t27-/m1/s1. The summed E-state index contributed by atoms with van der Waals surface area (Å²) in [4.78, 5) is 15.7. The Kier molecular flexibility index (Phi) is 5.59. The number of carbonyl (C=O) groups is 1. The van der Waals surface area contributed by atoms with Crippen molar-refractivity contribution < 1.29 is 9.18 Å². The Morgan fingerprint density at radius 3 is 1.56 bits per heavy atom. The SMILES string of the molecule is O=C1[C@H]([P+](c2ccccc2)(c2ccccc2)c2ccccc2)CCN1c1ccccc1F. The first-order valence-corrected chi connectivity index (χ1v) is 12.7. The Morgan fingerprint density at radius 2 is 1.09 bits per heavy atom. The van der Waals surface area contributed by atoms with Gasteiger partial charge in [0, 0.05) is 13.0 Å². The lowest BCUT2D eigenvalue weighted by atomic mass is 10.3. The van der Waals surface area contributed by atoms with Gasteiger partial charge in [0.05, 0.1) is 5.69 Å². The van der Waals surface area contributed by atoms with Crippen LogP contribution in [0, 0.1) is 5.82 Å². The van der Waals surface area contributed by atoms with Crippen molar-refractivity contribution in [3.05, 3.63) is 121 Å². The molecule has 0 aromatic heterocycles. The minimum absolute atomic E-state index is 0.00000693. The van der Waals surface area contributed by atoms with Gasteiger partial charge in [-0.2, -0.15) is 0 Å². The van der Waals surface area contributed by atoms with Crippen LogP contribution < -0.4 is 20.8 Å². The predicted octanol–water partition coefficient (Wildman–Crippen LogP) is 4.93. The highest BCUT2D eigenvalue weighted by molar-refractivity contribution is 7.97. The molecule has 0 bridgehead atoms. The Bertz CT molecular complexity index is 1120. The van der Waals surface area contributed by atoms with E-state index < -0.39 is 7.26 Å². The fourth-order valence-corrected chi connectivity index (χ4v) is 9.79. The van der Waals surface area contributed by atoms with Gasteiger partial charge in [0.1, 0.15) is 29.0 Å². The predicted molar refractivity (Wildman–Crippen MR) is 132 cm³/mol. The molecule has 5 rings (SSSR count). The van der Waals surface area contributed by atoms with Crippen molar-refractivity contribution in [2.75, 3.05) is 11.4 Å².